The molecular formula is C13H22N4O. The van der Waals surface area contributed by atoms with Crippen LogP contribution < -0.4 is 5.73 Å². The Morgan fingerprint density at radius 1 is 1.44 bits per heavy atom. The van der Waals surface area contributed by atoms with Crippen molar-refractivity contribution in [1.82, 2.24) is 14.9 Å². The van der Waals surface area contributed by atoms with Crippen LogP contribution in [0, 0.1) is 5.92 Å². The second-order valence-electron chi connectivity index (χ2n) is 4.97. The van der Waals surface area contributed by atoms with Crippen LogP contribution in [0.25, 0.3) is 0 Å². The smallest absolute Gasteiger partial charge is 0.141 e. The van der Waals surface area contributed by atoms with Crippen molar-refractivity contribution in [2.24, 2.45) is 5.92 Å². The van der Waals surface area contributed by atoms with Gasteiger partial charge in [0.05, 0.1) is 24.7 Å². The molecule has 0 saturated heterocycles. The highest BCUT2D eigenvalue weighted by Gasteiger charge is 2.31. The Kier molecular flexibility index (Phi) is 4.49. The average Bonchev–Trinajstić information content (AvgIpc) is 3.20. The van der Waals surface area contributed by atoms with Crippen LogP contribution in [0.3, 0.4) is 0 Å². The van der Waals surface area contributed by atoms with Gasteiger partial charge in [-0.2, -0.15) is 0 Å². The molecule has 0 spiro atoms. The standard InChI is InChI=1S/C13H22N4O/c1-10(11-3-4-11)17(5-6-18-2)9-12-7-16-13(14)8-15-12/h7-8,10-11H,3-6,9H2,1-2H3,(H2,14,16). The molecule has 5 nitrogen and oxygen atoms in total. The third-order valence-corrected chi connectivity index (χ3v) is 3.55. The third-order valence-electron chi connectivity index (χ3n) is 3.55. The summed E-state index contributed by atoms with van der Waals surface area (Å²) in [6.07, 6.45) is 6.07. The fourth-order valence-electron chi connectivity index (χ4n) is 2.17. The van der Waals surface area contributed by atoms with Crippen molar-refractivity contribution in [2.75, 3.05) is 26.0 Å². The first kappa shape index (κ1) is 13.2. The van der Waals surface area contributed by atoms with E-state index in [9.17, 15) is 0 Å². The molecule has 1 saturated carbocycles. The molecule has 2 rings (SSSR count). The first-order chi connectivity index (χ1) is 8.70. The highest BCUT2D eigenvalue weighted by molar-refractivity contribution is 5.22. The molecule has 0 radical (unpaired) electrons. The molecule has 5 heteroatoms. The topological polar surface area (TPSA) is 64.3 Å². The van der Waals surface area contributed by atoms with Gasteiger partial charge in [0.1, 0.15) is 5.82 Å². The van der Waals surface area contributed by atoms with E-state index in [4.69, 9.17) is 10.5 Å². The van der Waals surface area contributed by atoms with E-state index in [1.54, 1.807) is 19.5 Å². The maximum atomic E-state index is 5.55. The van der Waals surface area contributed by atoms with Gasteiger partial charge >= 0.3 is 0 Å². The van der Waals surface area contributed by atoms with Crippen LogP contribution in [0.1, 0.15) is 25.5 Å². The zero-order chi connectivity index (χ0) is 13.0. The minimum Gasteiger partial charge on any atom is -0.383 e. The van der Waals surface area contributed by atoms with Gasteiger partial charge in [-0.3, -0.25) is 9.88 Å². The second-order valence-corrected chi connectivity index (χ2v) is 4.97. The summed E-state index contributed by atoms with van der Waals surface area (Å²) in [5.41, 5.74) is 6.51. The Hall–Kier alpha value is -1.20. The van der Waals surface area contributed by atoms with Gasteiger partial charge in [0.15, 0.2) is 0 Å². The zero-order valence-corrected chi connectivity index (χ0v) is 11.2. The van der Waals surface area contributed by atoms with Crippen LogP contribution in [0.5, 0.6) is 0 Å². The summed E-state index contributed by atoms with van der Waals surface area (Å²) < 4.78 is 5.18. The van der Waals surface area contributed by atoms with Gasteiger partial charge in [-0.1, -0.05) is 0 Å². The molecule has 1 aliphatic rings. The lowest BCUT2D eigenvalue weighted by Gasteiger charge is -2.28. The number of hydrogen-bond donors (Lipinski definition) is 1. The van der Waals surface area contributed by atoms with Gasteiger partial charge < -0.3 is 10.5 Å². The maximum absolute atomic E-state index is 5.55. The number of nitrogen functional groups attached to an aromatic ring is 1. The summed E-state index contributed by atoms with van der Waals surface area (Å²) in [5, 5.41) is 0. The summed E-state index contributed by atoms with van der Waals surface area (Å²) >= 11 is 0. The summed E-state index contributed by atoms with van der Waals surface area (Å²) in [5.74, 6) is 1.31. The first-order valence-electron chi connectivity index (χ1n) is 6.50. The van der Waals surface area contributed by atoms with E-state index < -0.39 is 0 Å². The predicted molar refractivity (Wildman–Crippen MR) is 70.9 cm³/mol. The van der Waals surface area contributed by atoms with E-state index in [-0.39, 0.29) is 0 Å². The summed E-state index contributed by atoms with van der Waals surface area (Å²) in [6.45, 7) is 4.78. The molecule has 0 bridgehead atoms. The van der Waals surface area contributed by atoms with Gasteiger partial charge in [-0.15, -0.1) is 0 Å². The predicted octanol–water partition coefficient (Wildman–Crippen LogP) is 1.31. The SMILES string of the molecule is COCCN(Cc1cnc(N)cn1)C(C)C1CC1. The van der Waals surface area contributed by atoms with Crippen molar-refractivity contribution >= 4 is 5.82 Å². The Labute approximate surface area is 108 Å². The molecule has 0 amide bonds. The normalized spacial score (nSPS) is 17.1. The van der Waals surface area contributed by atoms with E-state index >= 15 is 0 Å². The number of hydrogen-bond acceptors (Lipinski definition) is 5. The molecule has 1 aromatic heterocycles. The van der Waals surface area contributed by atoms with E-state index in [0.29, 0.717) is 11.9 Å². The molecular weight excluding hydrogens is 228 g/mol. The zero-order valence-electron chi connectivity index (χ0n) is 11.2. The number of nitrogens with two attached hydrogens (primary N) is 1. The van der Waals surface area contributed by atoms with Crippen molar-refractivity contribution in [3.05, 3.63) is 18.1 Å². The van der Waals surface area contributed by atoms with Gasteiger partial charge in [-0.25, -0.2) is 4.98 Å². The number of anilines is 1. The fraction of sp³-hybridized carbons (Fsp3) is 0.692. The Bertz CT molecular complexity index is 364. The quantitative estimate of drug-likeness (QED) is 0.790. The van der Waals surface area contributed by atoms with Crippen molar-refractivity contribution < 1.29 is 4.74 Å². The second kappa shape index (κ2) is 6.11. The summed E-state index contributed by atoms with van der Waals surface area (Å²) in [6, 6.07) is 0.583. The van der Waals surface area contributed by atoms with E-state index in [2.05, 4.69) is 21.8 Å². The van der Waals surface area contributed by atoms with Crippen LogP contribution in [0.4, 0.5) is 5.82 Å². The third kappa shape index (κ3) is 3.65. The first-order valence-corrected chi connectivity index (χ1v) is 6.50. The van der Waals surface area contributed by atoms with Gasteiger partial charge in [0, 0.05) is 26.2 Å². The minimum atomic E-state index is 0.470. The number of nitrogens with zero attached hydrogens (tertiary/aromatic N) is 3. The number of aromatic nitrogens is 2. The molecule has 18 heavy (non-hydrogen) atoms. The van der Waals surface area contributed by atoms with E-state index in [0.717, 1.165) is 31.3 Å². The molecule has 1 aromatic rings. The Morgan fingerprint density at radius 3 is 2.78 bits per heavy atom. The lowest BCUT2D eigenvalue weighted by molar-refractivity contribution is 0.110. The van der Waals surface area contributed by atoms with Gasteiger partial charge in [0.25, 0.3) is 0 Å². The Morgan fingerprint density at radius 2 is 2.22 bits per heavy atom. The monoisotopic (exact) mass is 250 g/mol. The summed E-state index contributed by atoms with van der Waals surface area (Å²) in [4.78, 5) is 10.8. The summed E-state index contributed by atoms with van der Waals surface area (Å²) in [7, 11) is 1.74. The lowest BCUT2D eigenvalue weighted by atomic mass is 10.1. The molecule has 100 valence electrons. The maximum Gasteiger partial charge on any atom is 0.141 e. The van der Waals surface area contributed by atoms with Crippen molar-refractivity contribution in [1.29, 1.82) is 0 Å². The molecule has 1 fully saturated rings. The Balaban J connectivity index is 1.96. The number of rotatable bonds is 7. The minimum absolute atomic E-state index is 0.470. The van der Waals surface area contributed by atoms with Crippen LogP contribution in [-0.4, -0.2) is 41.2 Å². The van der Waals surface area contributed by atoms with Crippen LogP contribution in [0.15, 0.2) is 12.4 Å². The largest absolute Gasteiger partial charge is 0.383 e. The molecule has 2 N–H and O–H groups in total. The van der Waals surface area contributed by atoms with E-state index in [1.165, 1.54) is 12.8 Å². The molecule has 0 aromatic carbocycles. The van der Waals surface area contributed by atoms with Gasteiger partial charge in [0.2, 0.25) is 0 Å². The molecule has 1 unspecified atom stereocenters. The average molecular weight is 250 g/mol. The van der Waals surface area contributed by atoms with Crippen molar-refractivity contribution in [3.63, 3.8) is 0 Å². The highest BCUT2D eigenvalue weighted by atomic mass is 16.5. The van der Waals surface area contributed by atoms with Crippen molar-refractivity contribution in [3.8, 4) is 0 Å². The van der Waals surface area contributed by atoms with Gasteiger partial charge in [-0.05, 0) is 25.7 Å². The van der Waals surface area contributed by atoms with Crippen LogP contribution in [-0.2, 0) is 11.3 Å². The molecule has 1 heterocycles. The van der Waals surface area contributed by atoms with E-state index in [1.807, 2.05) is 0 Å². The number of methoxy groups -OCH3 is 1. The number of ether oxygens (including phenoxy) is 1. The molecule has 1 atom stereocenters. The van der Waals surface area contributed by atoms with Crippen LogP contribution >= 0.6 is 0 Å². The highest BCUT2D eigenvalue weighted by Crippen LogP contribution is 2.35. The fourth-order valence-corrected chi connectivity index (χ4v) is 2.17. The lowest BCUT2D eigenvalue weighted by Crippen LogP contribution is -2.36. The molecule has 0 aliphatic heterocycles. The van der Waals surface area contributed by atoms with Crippen LogP contribution in [0.2, 0.25) is 0 Å². The van der Waals surface area contributed by atoms with Crippen molar-refractivity contribution in [2.45, 2.75) is 32.4 Å². The molecule has 1 aliphatic carbocycles.